The number of allylic oxidation sites excluding steroid dienone is 1. The zero-order chi connectivity index (χ0) is 22.4. The Balaban J connectivity index is 1.47. The molecule has 0 amide bonds. The van der Waals surface area contributed by atoms with Crippen molar-refractivity contribution in [2.24, 2.45) is 16.1 Å². The molecule has 10 heteroatoms. The Morgan fingerprint density at radius 3 is 2.90 bits per heavy atom. The lowest BCUT2D eigenvalue weighted by molar-refractivity contribution is -0.432. The van der Waals surface area contributed by atoms with Gasteiger partial charge in [-0.05, 0) is 45.3 Å². The molecule has 7 atom stereocenters. The van der Waals surface area contributed by atoms with E-state index in [4.69, 9.17) is 11.1 Å². The Labute approximate surface area is 184 Å². The highest BCUT2D eigenvalue weighted by Crippen LogP contribution is 2.21. The number of nitrogens with zero attached hydrogens (tertiary/aromatic N) is 1. The van der Waals surface area contributed by atoms with Crippen LogP contribution in [0.3, 0.4) is 0 Å². The van der Waals surface area contributed by atoms with Crippen molar-refractivity contribution in [2.75, 3.05) is 6.54 Å². The molecule has 11 N–H and O–H groups in total. The summed E-state index contributed by atoms with van der Waals surface area (Å²) in [5.41, 5.74) is 16.9. The minimum atomic E-state index is -0.730. The number of carbonyl (C=O) groups excluding carboxylic acids is 1. The van der Waals surface area contributed by atoms with Gasteiger partial charge in [0.25, 0.3) is 0 Å². The first-order chi connectivity index (χ1) is 14.8. The highest BCUT2D eigenvalue weighted by atomic mass is 16.1. The second kappa shape index (κ2) is 10.5. The molecule has 0 aromatic heterocycles. The summed E-state index contributed by atoms with van der Waals surface area (Å²) in [6.45, 7) is 4.20. The molecule has 0 spiro atoms. The van der Waals surface area contributed by atoms with E-state index in [1.54, 1.807) is 6.92 Å². The van der Waals surface area contributed by atoms with Gasteiger partial charge in [0.1, 0.15) is 18.2 Å². The first-order valence-electron chi connectivity index (χ1n) is 11.1. The number of nitrogens with one attached hydrogen (secondary N) is 6. The van der Waals surface area contributed by atoms with E-state index in [1.807, 2.05) is 6.92 Å². The molecule has 0 bridgehead atoms. The summed E-state index contributed by atoms with van der Waals surface area (Å²) in [7, 11) is 0. The minimum Gasteiger partial charge on any atom is -0.387 e. The van der Waals surface area contributed by atoms with Crippen LogP contribution < -0.4 is 38.3 Å². The topological polar surface area (TPSA) is 167 Å². The average molecular weight is 433 g/mol. The van der Waals surface area contributed by atoms with Crippen LogP contribution in [-0.4, -0.2) is 61.4 Å². The number of hydrogen-bond donors (Lipinski definition) is 8. The molecule has 7 unspecified atom stereocenters. The van der Waals surface area contributed by atoms with E-state index >= 15 is 0 Å². The van der Waals surface area contributed by atoms with Crippen LogP contribution in [0, 0.1) is 10.8 Å². The summed E-state index contributed by atoms with van der Waals surface area (Å²) in [5, 5.41) is 17.8. The van der Waals surface area contributed by atoms with Crippen molar-refractivity contribution in [1.29, 1.82) is 5.41 Å². The molecule has 0 aromatic carbocycles. The van der Waals surface area contributed by atoms with Crippen LogP contribution in [0.25, 0.3) is 0 Å². The van der Waals surface area contributed by atoms with E-state index in [0.29, 0.717) is 18.4 Å². The molecule has 0 radical (unpaired) electrons. The molecular formula is C21H38N9O+. The Kier molecular flexibility index (Phi) is 7.95. The van der Waals surface area contributed by atoms with Gasteiger partial charge in [-0.3, -0.25) is 10.6 Å². The second-order valence-corrected chi connectivity index (χ2v) is 9.13. The van der Waals surface area contributed by atoms with Crippen LogP contribution in [0.4, 0.5) is 0 Å². The molecule has 1 saturated carbocycles. The SMILES string of the molecule is CC(C=N)NNC1=CC(NC2CCC(NC3N=C(N)C(C)(C=O)CN3)C([NH3+])C2)CC=C1. The fourth-order valence-corrected chi connectivity index (χ4v) is 4.19. The molecule has 3 aliphatic rings. The van der Waals surface area contributed by atoms with Crippen molar-refractivity contribution in [3.05, 3.63) is 23.9 Å². The van der Waals surface area contributed by atoms with E-state index in [1.165, 1.54) is 6.21 Å². The maximum Gasteiger partial charge on any atom is 0.156 e. The highest BCUT2D eigenvalue weighted by Gasteiger charge is 2.37. The van der Waals surface area contributed by atoms with Gasteiger partial charge in [-0.15, -0.1) is 0 Å². The predicted octanol–water partition coefficient (Wildman–Crippen LogP) is -1.51. The lowest BCUT2D eigenvalue weighted by Gasteiger charge is -2.38. The van der Waals surface area contributed by atoms with Crippen molar-refractivity contribution in [3.8, 4) is 0 Å². The molecule has 172 valence electrons. The summed E-state index contributed by atoms with van der Waals surface area (Å²) in [6.07, 6.45) is 12.4. The number of aldehydes is 1. The van der Waals surface area contributed by atoms with Crippen molar-refractivity contribution in [1.82, 2.24) is 26.8 Å². The molecule has 1 fully saturated rings. The maximum atomic E-state index is 11.3. The molecule has 1 heterocycles. The Morgan fingerprint density at radius 2 is 2.23 bits per heavy atom. The second-order valence-electron chi connectivity index (χ2n) is 9.13. The number of rotatable bonds is 9. The van der Waals surface area contributed by atoms with Crippen molar-refractivity contribution in [3.63, 3.8) is 0 Å². The van der Waals surface area contributed by atoms with Gasteiger partial charge in [-0.2, -0.15) is 0 Å². The Bertz CT molecular complexity index is 736. The fraction of sp³-hybridized carbons (Fsp3) is 0.667. The molecule has 0 aromatic rings. The van der Waals surface area contributed by atoms with Gasteiger partial charge in [0.2, 0.25) is 0 Å². The number of amidine groups is 1. The number of hydrogen-bond acceptors (Lipinski definition) is 9. The third-order valence-corrected chi connectivity index (χ3v) is 6.34. The van der Waals surface area contributed by atoms with E-state index in [0.717, 1.165) is 37.7 Å². The third kappa shape index (κ3) is 6.20. The van der Waals surface area contributed by atoms with Crippen LogP contribution >= 0.6 is 0 Å². The van der Waals surface area contributed by atoms with Crippen LogP contribution in [0.15, 0.2) is 28.9 Å². The summed E-state index contributed by atoms with van der Waals surface area (Å²) < 4.78 is 0. The molecular weight excluding hydrogens is 394 g/mol. The molecule has 31 heavy (non-hydrogen) atoms. The van der Waals surface area contributed by atoms with E-state index < -0.39 is 5.41 Å². The quantitative estimate of drug-likeness (QED) is 0.124. The monoisotopic (exact) mass is 432 g/mol. The van der Waals surface area contributed by atoms with Crippen molar-refractivity contribution in [2.45, 2.75) is 76.0 Å². The van der Waals surface area contributed by atoms with Gasteiger partial charge >= 0.3 is 0 Å². The fourth-order valence-electron chi connectivity index (χ4n) is 4.19. The van der Waals surface area contributed by atoms with Crippen molar-refractivity contribution >= 4 is 18.3 Å². The van der Waals surface area contributed by atoms with Gasteiger partial charge < -0.3 is 32.4 Å². The minimum absolute atomic E-state index is 0.0251. The van der Waals surface area contributed by atoms with Crippen molar-refractivity contribution < 1.29 is 10.5 Å². The molecule has 0 saturated heterocycles. The third-order valence-electron chi connectivity index (χ3n) is 6.34. The normalized spacial score (nSPS) is 36.8. The first kappa shape index (κ1) is 23.6. The molecule has 3 rings (SSSR count). The zero-order valence-electron chi connectivity index (χ0n) is 18.5. The first-order valence-corrected chi connectivity index (χ1v) is 11.1. The largest absolute Gasteiger partial charge is 0.387 e. The number of carbonyl (C=O) groups is 1. The lowest BCUT2D eigenvalue weighted by Crippen LogP contribution is -2.74. The van der Waals surface area contributed by atoms with Gasteiger partial charge in [-0.1, -0.05) is 6.08 Å². The number of quaternary nitrogens is 1. The van der Waals surface area contributed by atoms with E-state index in [-0.39, 0.29) is 30.5 Å². The zero-order valence-corrected chi connectivity index (χ0v) is 18.5. The number of hydrazine groups is 1. The number of nitrogens with two attached hydrogens (primary N) is 1. The van der Waals surface area contributed by atoms with Crippen LogP contribution in [0.5, 0.6) is 0 Å². The summed E-state index contributed by atoms with van der Waals surface area (Å²) >= 11 is 0. The summed E-state index contributed by atoms with van der Waals surface area (Å²) in [5.74, 6) is 0.376. The van der Waals surface area contributed by atoms with E-state index in [2.05, 4.69) is 55.8 Å². The number of aliphatic imine (C=N–C) groups is 1. The highest BCUT2D eigenvalue weighted by molar-refractivity contribution is 5.99. The van der Waals surface area contributed by atoms with E-state index in [9.17, 15) is 4.79 Å². The van der Waals surface area contributed by atoms with Gasteiger partial charge in [-0.25, -0.2) is 10.4 Å². The smallest absolute Gasteiger partial charge is 0.156 e. The average Bonchev–Trinajstić information content (AvgIpc) is 2.77. The molecule has 1 aliphatic heterocycles. The van der Waals surface area contributed by atoms with Gasteiger partial charge in [0, 0.05) is 37.0 Å². The van der Waals surface area contributed by atoms with Crippen LogP contribution in [0.2, 0.25) is 0 Å². The summed E-state index contributed by atoms with van der Waals surface area (Å²) in [6, 6.07) is 1.16. The summed E-state index contributed by atoms with van der Waals surface area (Å²) in [4.78, 5) is 15.7. The Morgan fingerprint density at radius 1 is 1.42 bits per heavy atom. The Hall–Kier alpha value is -2.11. The maximum absolute atomic E-state index is 11.3. The molecule has 10 nitrogen and oxygen atoms in total. The standard InChI is InChI=1S/C21H37N9O/c1-13(10-22)29-30-16-5-3-4-14(8-16)26-15-6-7-18(17(23)9-15)27-20-25-11-21(2,12-31)19(24)28-20/h3,5,8,10,12-15,17-18,20,22,25-27,29-30H,4,6-7,9,11,23H2,1-2H3,(H2,24,28)/p+1. The van der Waals surface area contributed by atoms with Gasteiger partial charge in [0.05, 0.1) is 17.5 Å². The lowest BCUT2D eigenvalue weighted by atomic mass is 9.86. The van der Waals surface area contributed by atoms with Crippen LogP contribution in [0.1, 0.15) is 39.5 Å². The van der Waals surface area contributed by atoms with Gasteiger partial charge in [0.15, 0.2) is 6.29 Å². The predicted molar refractivity (Wildman–Crippen MR) is 122 cm³/mol. The molecule has 2 aliphatic carbocycles. The van der Waals surface area contributed by atoms with Crippen LogP contribution in [-0.2, 0) is 4.79 Å².